The number of unbranched alkanes of at least 4 members (excludes halogenated alkanes) is 1. The first-order valence-electron chi connectivity index (χ1n) is 12.6. The van der Waals surface area contributed by atoms with Gasteiger partial charge in [0, 0.05) is 18.0 Å². The van der Waals surface area contributed by atoms with Crippen LogP contribution in [0.25, 0.3) is 5.69 Å². The number of carbonyl (C=O) groups excluding carboxylic acids is 2. The van der Waals surface area contributed by atoms with Gasteiger partial charge in [-0.25, -0.2) is 4.68 Å². The van der Waals surface area contributed by atoms with E-state index < -0.39 is 0 Å². The summed E-state index contributed by atoms with van der Waals surface area (Å²) in [5.41, 5.74) is 2.25. The molecule has 0 bridgehead atoms. The van der Waals surface area contributed by atoms with Crippen molar-refractivity contribution in [3.8, 4) is 5.69 Å². The van der Waals surface area contributed by atoms with E-state index in [0.717, 1.165) is 24.1 Å². The summed E-state index contributed by atoms with van der Waals surface area (Å²) in [6, 6.07) is 19.0. The van der Waals surface area contributed by atoms with E-state index in [2.05, 4.69) is 33.0 Å². The molecule has 3 aromatic rings. The van der Waals surface area contributed by atoms with Crippen molar-refractivity contribution >= 4 is 29.2 Å². The summed E-state index contributed by atoms with van der Waals surface area (Å²) in [5, 5.41) is 8.28. The molecular formula is C29H37ClN4O2. The van der Waals surface area contributed by atoms with Gasteiger partial charge in [-0.2, -0.15) is 5.10 Å². The quantitative estimate of drug-likeness (QED) is 0.336. The Morgan fingerprint density at radius 1 is 1.06 bits per heavy atom. The number of hydrogen-bond acceptors (Lipinski definition) is 3. The van der Waals surface area contributed by atoms with E-state index in [4.69, 9.17) is 16.7 Å². The Labute approximate surface area is 219 Å². The topological polar surface area (TPSA) is 67.2 Å². The number of amides is 2. The molecule has 6 nitrogen and oxygen atoms in total. The maximum absolute atomic E-state index is 13.5. The van der Waals surface area contributed by atoms with Gasteiger partial charge in [-0.15, -0.1) is 0 Å². The Morgan fingerprint density at radius 3 is 2.33 bits per heavy atom. The summed E-state index contributed by atoms with van der Waals surface area (Å²) in [7, 11) is 0. The van der Waals surface area contributed by atoms with Crippen molar-refractivity contribution < 1.29 is 9.59 Å². The third kappa shape index (κ3) is 6.76. The van der Waals surface area contributed by atoms with Crippen molar-refractivity contribution in [2.45, 2.75) is 65.2 Å². The number of halogens is 1. The number of rotatable bonds is 10. The minimum atomic E-state index is -0.281. The first-order valence-corrected chi connectivity index (χ1v) is 13.0. The number of nitrogens with one attached hydrogen (secondary N) is 1. The fourth-order valence-corrected chi connectivity index (χ4v) is 4.29. The highest BCUT2D eigenvalue weighted by Gasteiger charge is 2.27. The fourth-order valence-electron chi connectivity index (χ4n) is 4.07. The predicted molar refractivity (Wildman–Crippen MR) is 147 cm³/mol. The Balaban J connectivity index is 1.87. The van der Waals surface area contributed by atoms with Gasteiger partial charge in [0.15, 0.2) is 0 Å². The molecule has 1 atom stereocenters. The number of para-hydroxylation sites is 1. The molecular weight excluding hydrogens is 472 g/mol. The third-order valence-corrected chi connectivity index (χ3v) is 6.48. The smallest absolute Gasteiger partial charge is 0.245 e. The minimum absolute atomic E-state index is 0.0257. The first-order chi connectivity index (χ1) is 17.2. The standard InChI is InChI=1S/C29H37ClN4O2/c1-6-8-18-33(28(36)22(7-2)21-14-10-9-11-15-21)20-27(35)31-26-19-25(29(3,4)5)32-34(26)24-17-13-12-16-23(24)30/h9-17,19,22H,6-8,18,20H2,1-5H3,(H,31,35). The molecule has 1 aromatic heterocycles. The minimum Gasteiger partial charge on any atom is -0.333 e. The first kappa shape index (κ1) is 27.5. The van der Waals surface area contributed by atoms with E-state index in [9.17, 15) is 9.59 Å². The van der Waals surface area contributed by atoms with Crippen LogP contribution < -0.4 is 5.32 Å². The van der Waals surface area contributed by atoms with Crippen molar-refractivity contribution in [1.29, 1.82) is 0 Å². The average molecular weight is 509 g/mol. The number of nitrogens with zero attached hydrogens (tertiary/aromatic N) is 3. The van der Waals surface area contributed by atoms with Gasteiger partial charge in [-0.3, -0.25) is 9.59 Å². The van der Waals surface area contributed by atoms with Crippen molar-refractivity contribution in [2.24, 2.45) is 0 Å². The zero-order valence-corrected chi connectivity index (χ0v) is 22.7. The summed E-state index contributed by atoms with van der Waals surface area (Å²) in [6.07, 6.45) is 2.43. The van der Waals surface area contributed by atoms with Crippen molar-refractivity contribution in [2.75, 3.05) is 18.4 Å². The number of anilines is 1. The normalized spacial score (nSPS) is 12.3. The van der Waals surface area contributed by atoms with Crippen molar-refractivity contribution in [1.82, 2.24) is 14.7 Å². The van der Waals surface area contributed by atoms with Crippen molar-refractivity contribution in [3.05, 3.63) is 76.9 Å². The molecule has 0 spiro atoms. The maximum Gasteiger partial charge on any atom is 0.245 e. The highest BCUT2D eigenvalue weighted by atomic mass is 35.5. The van der Waals surface area contributed by atoms with Gasteiger partial charge < -0.3 is 10.2 Å². The van der Waals surface area contributed by atoms with E-state index in [1.807, 2.05) is 61.5 Å². The lowest BCUT2D eigenvalue weighted by Gasteiger charge is -2.27. The lowest BCUT2D eigenvalue weighted by molar-refractivity contribution is -0.136. The highest BCUT2D eigenvalue weighted by molar-refractivity contribution is 6.32. The van der Waals surface area contributed by atoms with Gasteiger partial charge in [-0.05, 0) is 30.5 Å². The van der Waals surface area contributed by atoms with Gasteiger partial charge in [0.05, 0.1) is 28.9 Å². The molecule has 1 heterocycles. The molecule has 0 saturated carbocycles. The molecule has 2 amide bonds. The molecule has 7 heteroatoms. The maximum atomic E-state index is 13.5. The summed E-state index contributed by atoms with van der Waals surface area (Å²) in [5.74, 6) is -0.0497. The van der Waals surface area contributed by atoms with Gasteiger partial charge in [-0.1, -0.05) is 95.1 Å². The summed E-state index contributed by atoms with van der Waals surface area (Å²) in [6.45, 7) is 10.8. The number of aromatic nitrogens is 2. The van der Waals surface area contributed by atoms with Crippen LogP contribution >= 0.6 is 11.6 Å². The van der Waals surface area contributed by atoms with Crippen molar-refractivity contribution in [3.63, 3.8) is 0 Å². The van der Waals surface area contributed by atoms with Crippen LogP contribution in [0.2, 0.25) is 5.02 Å². The molecule has 1 unspecified atom stereocenters. The summed E-state index contributed by atoms with van der Waals surface area (Å²) < 4.78 is 1.66. The Bertz CT molecular complexity index is 1170. The van der Waals surface area contributed by atoms with Crippen LogP contribution in [0.5, 0.6) is 0 Å². The van der Waals surface area contributed by atoms with Gasteiger partial charge in [0.1, 0.15) is 5.82 Å². The lowest BCUT2D eigenvalue weighted by atomic mass is 9.92. The van der Waals surface area contributed by atoms with Crippen LogP contribution in [0.15, 0.2) is 60.7 Å². The molecule has 0 aliphatic rings. The molecule has 36 heavy (non-hydrogen) atoms. The van der Waals surface area contributed by atoms with E-state index >= 15 is 0 Å². The van der Waals surface area contributed by atoms with Crippen LogP contribution in [0.4, 0.5) is 5.82 Å². The molecule has 0 aliphatic heterocycles. The van der Waals surface area contributed by atoms with Crippen LogP contribution in [0, 0.1) is 0 Å². The Kier molecular flexibility index (Phi) is 9.32. The van der Waals surface area contributed by atoms with Crippen LogP contribution in [0.1, 0.15) is 71.1 Å². The monoisotopic (exact) mass is 508 g/mol. The number of benzene rings is 2. The van der Waals surface area contributed by atoms with Gasteiger partial charge >= 0.3 is 0 Å². The van der Waals surface area contributed by atoms with E-state index in [0.29, 0.717) is 29.5 Å². The largest absolute Gasteiger partial charge is 0.333 e. The van der Waals surface area contributed by atoms with E-state index in [-0.39, 0.29) is 29.7 Å². The van der Waals surface area contributed by atoms with Gasteiger partial charge in [0.25, 0.3) is 0 Å². The number of hydrogen-bond donors (Lipinski definition) is 1. The average Bonchev–Trinajstić information content (AvgIpc) is 3.27. The lowest BCUT2D eigenvalue weighted by Crippen LogP contribution is -2.41. The second kappa shape index (κ2) is 12.2. The molecule has 192 valence electrons. The van der Waals surface area contributed by atoms with E-state index in [1.165, 1.54) is 0 Å². The molecule has 0 saturated heterocycles. The zero-order chi connectivity index (χ0) is 26.3. The molecule has 3 rings (SSSR count). The third-order valence-electron chi connectivity index (χ3n) is 6.16. The van der Waals surface area contributed by atoms with Crippen LogP contribution in [-0.4, -0.2) is 39.6 Å². The Morgan fingerprint density at radius 2 is 1.72 bits per heavy atom. The second-order valence-electron chi connectivity index (χ2n) is 10.1. The molecule has 0 radical (unpaired) electrons. The molecule has 0 aliphatic carbocycles. The second-order valence-corrected chi connectivity index (χ2v) is 10.5. The van der Waals surface area contributed by atoms with Crippen LogP contribution in [0.3, 0.4) is 0 Å². The van der Waals surface area contributed by atoms with Crippen LogP contribution in [-0.2, 0) is 15.0 Å². The molecule has 1 N–H and O–H groups in total. The van der Waals surface area contributed by atoms with Gasteiger partial charge in [0.2, 0.25) is 11.8 Å². The summed E-state index contributed by atoms with van der Waals surface area (Å²) >= 11 is 6.46. The Hall–Kier alpha value is -3.12. The molecule has 0 fully saturated rings. The molecule has 2 aromatic carbocycles. The SMILES string of the molecule is CCCCN(CC(=O)Nc1cc(C(C)(C)C)nn1-c1ccccc1Cl)C(=O)C(CC)c1ccccc1. The summed E-state index contributed by atoms with van der Waals surface area (Å²) in [4.78, 5) is 28.5. The predicted octanol–water partition coefficient (Wildman–Crippen LogP) is 6.58. The fraction of sp³-hybridized carbons (Fsp3) is 0.414. The highest BCUT2D eigenvalue weighted by Crippen LogP contribution is 2.29. The number of carbonyl (C=O) groups is 2. The zero-order valence-electron chi connectivity index (χ0n) is 21.9. The van der Waals surface area contributed by atoms with E-state index in [1.54, 1.807) is 15.6 Å².